The van der Waals surface area contributed by atoms with Crippen molar-refractivity contribution in [1.29, 1.82) is 0 Å². The van der Waals surface area contributed by atoms with Crippen LogP contribution in [0.25, 0.3) is 0 Å². The van der Waals surface area contributed by atoms with Crippen LogP contribution in [0.1, 0.15) is 18.6 Å². The Morgan fingerprint density at radius 3 is 2.84 bits per heavy atom. The van der Waals surface area contributed by atoms with Crippen molar-refractivity contribution < 1.29 is 9.15 Å². The Bertz CT molecular complexity index is 547. The van der Waals surface area contributed by atoms with Crippen LogP contribution in [0.2, 0.25) is 0 Å². The molecule has 2 N–H and O–H groups in total. The fourth-order valence-electron chi connectivity index (χ4n) is 2.27. The van der Waals surface area contributed by atoms with Crippen LogP contribution in [-0.4, -0.2) is 13.2 Å². The molecule has 1 fully saturated rings. The van der Waals surface area contributed by atoms with E-state index in [9.17, 15) is 0 Å². The Morgan fingerprint density at radius 1 is 1.37 bits per heavy atom. The average Bonchev–Trinajstić information content (AvgIpc) is 3.14. The van der Waals surface area contributed by atoms with Gasteiger partial charge >= 0.3 is 0 Å². The van der Waals surface area contributed by atoms with Crippen molar-refractivity contribution in [3.63, 3.8) is 0 Å². The van der Waals surface area contributed by atoms with Crippen molar-refractivity contribution in [2.24, 2.45) is 0 Å². The molecule has 1 heterocycles. The second-order valence-corrected chi connectivity index (χ2v) is 4.86. The number of benzene rings is 1. The van der Waals surface area contributed by atoms with Gasteiger partial charge in [0.05, 0.1) is 25.6 Å². The topological polar surface area (TPSA) is 51.6 Å². The number of furan rings is 1. The second-order valence-electron chi connectivity index (χ2n) is 4.86. The van der Waals surface area contributed by atoms with E-state index in [2.05, 4.69) is 4.90 Å². The zero-order valence-corrected chi connectivity index (χ0v) is 11.0. The van der Waals surface area contributed by atoms with Crippen LogP contribution in [0.15, 0.2) is 41.0 Å². The molecule has 0 bridgehead atoms. The van der Waals surface area contributed by atoms with E-state index in [1.54, 1.807) is 13.4 Å². The van der Waals surface area contributed by atoms with Gasteiger partial charge in [-0.25, -0.2) is 0 Å². The average molecular weight is 258 g/mol. The van der Waals surface area contributed by atoms with Crippen molar-refractivity contribution >= 4 is 11.4 Å². The molecule has 0 atom stereocenters. The van der Waals surface area contributed by atoms with Gasteiger partial charge in [-0.3, -0.25) is 0 Å². The quantitative estimate of drug-likeness (QED) is 0.837. The van der Waals surface area contributed by atoms with Gasteiger partial charge in [0.15, 0.2) is 0 Å². The van der Waals surface area contributed by atoms with Crippen molar-refractivity contribution in [3.8, 4) is 5.75 Å². The van der Waals surface area contributed by atoms with Gasteiger partial charge in [-0.05, 0) is 37.1 Å². The minimum absolute atomic E-state index is 0.596. The lowest BCUT2D eigenvalue weighted by atomic mass is 10.2. The van der Waals surface area contributed by atoms with Crippen molar-refractivity contribution in [2.45, 2.75) is 25.4 Å². The van der Waals surface area contributed by atoms with Crippen LogP contribution in [0.5, 0.6) is 5.75 Å². The maximum atomic E-state index is 5.87. The van der Waals surface area contributed by atoms with Crippen LogP contribution in [0.3, 0.4) is 0 Å². The molecule has 1 aliphatic rings. The van der Waals surface area contributed by atoms with Gasteiger partial charge in [0.2, 0.25) is 0 Å². The summed E-state index contributed by atoms with van der Waals surface area (Å²) in [4.78, 5) is 2.35. The molecular weight excluding hydrogens is 240 g/mol. The number of rotatable bonds is 5. The summed E-state index contributed by atoms with van der Waals surface area (Å²) < 4.78 is 10.7. The molecule has 1 aliphatic carbocycles. The van der Waals surface area contributed by atoms with Gasteiger partial charge in [0.25, 0.3) is 0 Å². The van der Waals surface area contributed by atoms with E-state index in [0.29, 0.717) is 11.7 Å². The number of hydrogen-bond donors (Lipinski definition) is 1. The van der Waals surface area contributed by atoms with Crippen LogP contribution >= 0.6 is 0 Å². The van der Waals surface area contributed by atoms with E-state index in [1.165, 1.54) is 12.8 Å². The third-order valence-corrected chi connectivity index (χ3v) is 3.44. The molecule has 1 aromatic heterocycles. The first-order valence-electron chi connectivity index (χ1n) is 6.50. The maximum Gasteiger partial charge on any atom is 0.143 e. The first kappa shape index (κ1) is 12.0. The SMILES string of the molecule is COc1cc(N(Cc2ccco2)C2CC2)ccc1N. The zero-order chi connectivity index (χ0) is 13.2. The van der Waals surface area contributed by atoms with Crippen molar-refractivity contribution in [1.82, 2.24) is 0 Å². The number of nitrogens with zero attached hydrogens (tertiary/aromatic N) is 1. The Balaban J connectivity index is 1.87. The molecule has 4 heteroatoms. The number of nitrogens with two attached hydrogens (primary N) is 1. The Morgan fingerprint density at radius 2 is 2.21 bits per heavy atom. The largest absolute Gasteiger partial charge is 0.495 e. The summed E-state index contributed by atoms with van der Waals surface area (Å²) in [5.41, 5.74) is 7.66. The highest BCUT2D eigenvalue weighted by Crippen LogP contribution is 2.36. The van der Waals surface area contributed by atoms with Gasteiger partial charge < -0.3 is 19.8 Å². The molecule has 0 spiro atoms. The second kappa shape index (κ2) is 4.88. The van der Waals surface area contributed by atoms with E-state index in [-0.39, 0.29) is 0 Å². The predicted molar refractivity (Wildman–Crippen MR) is 75.3 cm³/mol. The molecule has 3 rings (SSSR count). The van der Waals surface area contributed by atoms with E-state index >= 15 is 0 Å². The molecule has 19 heavy (non-hydrogen) atoms. The molecule has 1 saturated carbocycles. The van der Waals surface area contributed by atoms with Crippen LogP contribution in [-0.2, 0) is 6.54 Å². The highest BCUT2D eigenvalue weighted by molar-refractivity contribution is 5.63. The molecule has 2 aromatic rings. The van der Waals surface area contributed by atoms with E-state index in [0.717, 1.165) is 23.7 Å². The third kappa shape index (κ3) is 2.52. The molecular formula is C15H18N2O2. The number of methoxy groups -OCH3 is 1. The predicted octanol–water partition coefficient (Wildman–Crippen LogP) is 3.04. The fraction of sp³-hybridized carbons (Fsp3) is 0.333. The minimum Gasteiger partial charge on any atom is -0.495 e. The van der Waals surface area contributed by atoms with Crippen molar-refractivity contribution in [3.05, 3.63) is 42.4 Å². The standard InChI is InChI=1S/C15H18N2O2/c1-18-15-9-12(6-7-14(15)16)17(11-4-5-11)10-13-3-2-8-19-13/h2-3,6-9,11H,4-5,10,16H2,1H3. The van der Waals surface area contributed by atoms with Gasteiger partial charge in [0.1, 0.15) is 11.5 Å². The van der Waals surface area contributed by atoms with E-state index < -0.39 is 0 Å². The maximum absolute atomic E-state index is 5.87. The fourth-order valence-corrected chi connectivity index (χ4v) is 2.27. The third-order valence-electron chi connectivity index (χ3n) is 3.44. The normalized spacial score (nSPS) is 14.4. The smallest absolute Gasteiger partial charge is 0.143 e. The summed E-state index contributed by atoms with van der Waals surface area (Å²) in [7, 11) is 1.64. The summed E-state index contributed by atoms with van der Waals surface area (Å²) in [6.45, 7) is 0.782. The number of nitrogen functional groups attached to an aromatic ring is 1. The van der Waals surface area contributed by atoms with Crippen LogP contribution < -0.4 is 15.4 Å². The van der Waals surface area contributed by atoms with Gasteiger partial charge in [-0.1, -0.05) is 0 Å². The molecule has 0 saturated heterocycles. The summed E-state index contributed by atoms with van der Waals surface area (Å²) in [5, 5.41) is 0. The minimum atomic E-state index is 0.596. The molecule has 0 unspecified atom stereocenters. The first-order valence-corrected chi connectivity index (χ1v) is 6.50. The number of anilines is 2. The lowest BCUT2D eigenvalue weighted by Crippen LogP contribution is -2.24. The summed E-state index contributed by atoms with van der Waals surface area (Å²) in [6.07, 6.45) is 4.17. The van der Waals surface area contributed by atoms with Crippen molar-refractivity contribution in [2.75, 3.05) is 17.7 Å². The Kier molecular flexibility index (Phi) is 3.07. The molecule has 1 aromatic carbocycles. The molecule has 4 nitrogen and oxygen atoms in total. The molecule has 100 valence electrons. The monoisotopic (exact) mass is 258 g/mol. The molecule has 0 radical (unpaired) electrons. The number of hydrogen-bond acceptors (Lipinski definition) is 4. The van der Waals surface area contributed by atoms with E-state index in [1.807, 2.05) is 30.3 Å². The Labute approximate surface area is 112 Å². The van der Waals surface area contributed by atoms with Crippen LogP contribution in [0, 0.1) is 0 Å². The van der Waals surface area contributed by atoms with Gasteiger partial charge in [-0.2, -0.15) is 0 Å². The Hall–Kier alpha value is -2.10. The lowest BCUT2D eigenvalue weighted by molar-refractivity contribution is 0.417. The lowest BCUT2D eigenvalue weighted by Gasteiger charge is -2.24. The molecule has 0 amide bonds. The highest BCUT2D eigenvalue weighted by atomic mass is 16.5. The summed E-state index contributed by atoms with van der Waals surface area (Å²) in [6, 6.07) is 10.5. The first-order chi connectivity index (χ1) is 9.28. The van der Waals surface area contributed by atoms with Crippen LogP contribution in [0.4, 0.5) is 11.4 Å². The van der Waals surface area contributed by atoms with E-state index in [4.69, 9.17) is 14.9 Å². The molecule has 0 aliphatic heterocycles. The zero-order valence-electron chi connectivity index (χ0n) is 11.0. The summed E-state index contributed by atoms with van der Waals surface area (Å²) >= 11 is 0. The van der Waals surface area contributed by atoms with Gasteiger partial charge in [0, 0.05) is 17.8 Å². The highest BCUT2D eigenvalue weighted by Gasteiger charge is 2.30. The summed E-state index contributed by atoms with van der Waals surface area (Å²) in [5.74, 6) is 1.70. The number of ether oxygens (including phenoxy) is 1. The van der Waals surface area contributed by atoms with Gasteiger partial charge in [-0.15, -0.1) is 0 Å².